The zero-order chi connectivity index (χ0) is 20.7. The van der Waals surface area contributed by atoms with Crippen molar-refractivity contribution in [3.05, 3.63) is 89.2 Å². The number of carbonyl (C=O) groups is 1. The number of hydrazine groups is 1. The minimum absolute atomic E-state index is 0.0929. The Morgan fingerprint density at radius 3 is 2.07 bits per heavy atom. The van der Waals surface area contributed by atoms with Crippen LogP contribution in [-0.4, -0.2) is 15.9 Å². The molecule has 1 amide bonds. The Balaban J connectivity index is 1.69. The lowest BCUT2D eigenvalue weighted by Gasteiger charge is -2.14. The SMILES string of the molecule is O=C(NCc1ccccc1)c1cnc(NNCc2ccccc2)nc1C(F)(F)F. The van der Waals surface area contributed by atoms with Crippen LogP contribution in [0.4, 0.5) is 19.1 Å². The van der Waals surface area contributed by atoms with Crippen LogP contribution in [-0.2, 0) is 19.3 Å². The maximum absolute atomic E-state index is 13.4. The van der Waals surface area contributed by atoms with Gasteiger partial charge in [-0.05, 0) is 11.1 Å². The quantitative estimate of drug-likeness (QED) is 0.528. The number of rotatable bonds is 7. The summed E-state index contributed by atoms with van der Waals surface area (Å²) < 4.78 is 40.3. The van der Waals surface area contributed by atoms with Crippen LogP contribution in [0.15, 0.2) is 66.9 Å². The topological polar surface area (TPSA) is 78.9 Å². The molecule has 29 heavy (non-hydrogen) atoms. The van der Waals surface area contributed by atoms with Gasteiger partial charge in [-0.2, -0.15) is 13.2 Å². The summed E-state index contributed by atoms with van der Waals surface area (Å²) in [5.74, 6) is -1.18. The third-order valence-electron chi connectivity index (χ3n) is 3.93. The highest BCUT2D eigenvalue weighted by Crippen LogP contribution is 2.30. The molecule has 0 saturated carbocycles. The molecule has 1 aromatic heterocycles. The molecule has 2 aromatic carbocycles. The third kappa shape index (κ3) is 5.76. The van der Waals surface area contributed by atoms with Gasteiger partial charge < -0.3 is 5.32 Å². The van der Waals surface area contributed by atoms with Gasteiger partial charge in [-0.3, -0.25) is 10.2 Å². The number of hydrogen-bond donors (Lipinski definition) is 3. The van der Waals surface area contributed by atoms with E-state index in [4.69, 9.17) is 0 Å². The Morgan fingerprint density at radius 2 is 1.48 bits per heavy atom. The standard InChI is InChI=1S/C20H18F3N5O/c21-20(22,23)17-16(18(29)24-11-14-7-3-1-4-8-14)13-25-19(27-17)28-26-12-15-9-5-2-6-10-15/h1-10,13,26H,11-12H2,(H,24,29)(H,25,27,28). The number of benzene rings is 2. The predicted octanol–water partition coefficient (Wildman–Crippen LogP) is 3.54. The zero-order valence-corrected chi connectivity index (χ0v) is 15.2. The van der Waals surface area contributed by atoms with E-state index >= 15 is 0 Å². The summed E-state index contributed by atoms with van der Waals surface area (Å²) in [5.41, 5.74) is 5.02. The molecule has 0 atom stereocenters. The number of aromatic nitrogens is 2. The lowest BCUT2D eigenvalue weighted by molar-refractivity contribution is -0.141. The average molecular weight is 401 g/mol. The van der Waals surface area contributed by atoms with Crippen molar-refractivity contribution in [1.82, 2.24) is 20.7 Å². The largest absolute Gasteiger partial charge is 0.434 e. The second-order valence-electron chi connectivity index (χ2n) is 6.09. The summed E-state index contributed by atoms with van der Waals surface area (Å²) >= 11 is 0. The van der Waals surface area contributed by atoms with Crippen molar-refractivity contribution in [1.29, 1.82) is 0 Å². The van der Waals surface area contributed by atoms with Crippen LogP contribution in [0.2, 0.25) is 0 Å². The third-order valence-corrected chi connectivity index (χ3v) is 3.93. The van der Waals surface area contributed by atoms with Crippen molar-refractivity contribution in [2.75, 3.05) is 5.43 Å². The number of halogens is 3. The molecule has 3 rings (SSSR count). The van der Waals surface area contributed by atoms with Crippen molar-refractivity contribution in [2.45, 2.75) is 19.3 Å². The maximum Gasteiger partial charge on any atom is 0.434 e. The number of amides is 1. The molecule has 3 N–H and O–H groups in total. The van der Waals surface area contributed by atoms with Gasteiger partial charge in [0.25, 0.3) is 5.91 Å². The molecule has 0 bridgehead atoms. The minimum Gasteiger partial charge on any atom is -0.348 e. The molecule has 0 aliphatic rings. The van der Waals surface area contributed by atoms with E-state index in [2.05, 4.69) is 26.1 Å². The fourth-order valence-electron chi connectivity index (χ4n) is 2.52. The van der Waals surface area contributed by atoms with Crippen molar-refractivity contribution in [3.8, 4) is 0 Å². The first kappa shape index (κ1) is 20.3. The van der Waals surface area contributed by atoms with Crippen molar-refractivity contribution in [2.24, 2.45) is 0 Å². The summed E-state index contributed by atoms with van der Waals surface area (Å²) in [5, 5.41) is 2.46. The Labute approximate surface area is 165 Å². The molecule has 0 aliphatic heterocycles. The van der Waals surface area contributed by atoms with Crippen LogP contribution < -0.4 is 16.2 Å². The van der Waals surface area contributed by atoms with E-state index in [1.165, 1.54) is 0 Å². The van der Waals surface area contributed by atoms with Gasteiger partial charge in [0.1, 0.15) is 0 Å². The Hall–Kier alpha value is -3.46. The molecule has 0 radical (unpaired) electrons. The van der Waals surface area contributed by atoms with Gasteiger partial charge in [0, 0.05) is 19.3 Å². The molecule has 0 fully saturated rings. The maximum atomic E-state index is 13.4. The van der Waals surface area contributed by atoms with E-state index < -0.39 is 23.3 Å². The molecular weight excluding hydrogens is 383 g/mol. The van der Waals surface area contributed by atoms with Crippen LogP contribution >= 0.6 is 0 Å². The number of nitrogens with zero attached hydrogens (tertiary/aromatic N) is 2. The highest BCUT2D eigenvalue weighted by atomic mass is 19.4. The number of anilines is 1. The summed E-state index contributed by atoms with van der Waals surface area (Å²) in [6.45, 7) is 0.445. The zero-order valence-electron chi connectivity index (χ0n) is 15.2. The van der Waals surface area contributed by atoms with E-state index in [9.17, 15) is 18.0 Å². The molecule has 0 aliphatic carbocycles. The second-order valence-corrected chi connectivity index (χ2v) is 6.09. The smallest absolute Gasteiger partial charge is 0.348 e. The lowest BCUT2D eigenvalue weighted by atomic mass is 10.2. The van der Waals surface area contributed by atoms with Crippen LogP contribution in [0.1, 0.15) is 27.2 Å². The summed E-state index contributed by atoms with van der Waals surface area (Å²) in [7, 11) is 0. The van der Waals surface area contributed by atoms with Gasteiger partial charge in [-0.15, -0.1) is 0 Å². The first-order valence-electron chi connectivity index (χ1n) is 8.72. The Bertz CT molecular complexity index is 949. The van der Waals surface area contributed by atoms with E-state index in [1.807, 2.05) is 30.3 Å². The monoisotopic (exact) mass is 401 g/mol. The lowest BCUT2D eigenvalue weighted by Crippen LogP contribution is -2.28. The highest BCUT2D eigenvalue weighted by Gasteiger charge is 2.38. The van der Waals surface area contributed by atoms with Gasteiger partial charge in [0.05, 0.1) is 5.56 Å². The van der Waals surface area contributed by atoms with Gasteiger partial charge in [0.15, 0.2) is 5.69 Å². The fourth-order valence-corrected chi connectivity index (χ4v) is 2.52. The molecule has 0 saturated heterocycles. The fraction of sp³-hybridized carbons (Fsp3) is 0.150. The van der Waals surface area contributed by atoms with Crippen molar-refractivity contribution in [3.63, 3.8) is 0 Å². The van der Waals surface area contributed by atoms with Crippen LogP contribution in [0.3, 0.4) is 0 Å². The molecule has 3 aromatic rings. The highest BCUT2D eigenvalue weighted by molar-refractivity contribution is 5.95. The number of hydrogen-bond acceptors (Lipinski definition) is 5. The Morgan fingerprint density at radius 1 is 0.897 bits per heavy atom. The molecule has 1 heterocycles. The van der Waals surface area contributed by atoms with E-state index in [-0.39, 0.29) is 12.5 Å². The van der Waals surface area contributed by atoms with Crippen LogP contribution in [0, 0.1) is 0 Å². The molecular formula is C20H18F3N5O. The van der Waals surface area contributed by atoms with Gasteiger partial charge in [0.2, 0.25) is 5.95 Å². The number of carbonyl (C=O) groups excluding carboxylic acids is 1. The van der Waals surface area contributed by atoms with Gasteiger partial charge in [-0.25, -0.2) is 15.4 Å². The van der Waals surface area contributed by atoms with Gasteiger partial charge in [-0.1, -0.05) is 60.7 Å². The minimum atomic E-state index is -4.81. The second kappa shape index (κ2) is 9.16. The average Bonchev–Trinajstić information content (AvgIpc) is 2.73. The predicted molar refractivity (Wildman–Crippen MR) is 102 cm³/mol. The molecule has 0 unspecified atom stereocenters. The van der Waals surface area contributed by atoms with E-state index in [1.54, 1.807) is 30.3 Å². The Kier molecular flexibility index (Phi) is 6.40. The van der Waals surface area contributed by atoms with Crippen LogP contribution in [0.5, 0.6) is 0 Å². The first-order valence-corrected chi connectivity index (χ1v) is 8.72. The molecule has 6 nitrogen and oxygen atoms in total. The molecule has 9 heteroatoms. The normalized spacial score (nSPS) is 11.1. The van der Waals surface area contributed by atoms with Crippen LogP contribution in [0.25, 0.3) is 0 Å². The molecule has 150 valence electrons. The van der Waals surface area contributed by atoms with Crippen molar-refractivity contribution >= 4 is 11.9 Å². The summed E-state index contributed by atoms with van der Waals surface area (Å²) in [6, 6.07) is 18.1. The molecule has 0 spiro atoms. The van der Waals surface area contributed by atoms with E-state index in [0.717, 1.165) is 17.3 Å². The first-order chi connectivity index (χ1) is 13.9. The summed E-state index contributed by atoms with van der Waals surface area (Å²) in [6.07, 6.45) is -3.94. The number of alkyl halides is 3. The number of nitrogens with one attached hydrogen (secondary N) is 3. The van der Waals surface area contributed by atoms with Gasteiger partial charge >= 0.3 is 6.18 Å². The van der Waals surface area contributed by atoms with E-state index in [0.29, 0.717) is 6.54 Å². The summed E-state index contributed by atoms with van der Waals surface area (Å²) in [4.78, 5) is 19.6. The van der Waals surface area contributed by atoms with Crippen molar-refractivity contribution < 1.29 is 18.0 Å².